The zero-order chi connectivity index (χ0) is 18.1. The minimum Gasteiger partial charge on any atom is -0.495 e. The molecule has 0 unspecified atom stereocenters. The van der Waals surface area contributed by atoms with Gasteiger partial charge in [0.05, 0.1) is 18.6 Å². The highest BCUT2D eigenvalue weighted by molar-refractivity contribution is 7.99. The van der Waals surface area contributed by atoms with Gasteiger partial charge in [-0.05, 0) is 36.0 Å². The van der Waals surface area contributed by atoms with Crippen LogP contribution in [0.2, 0.25) is 5.02 Å². The van der Waals surface area contributed by atoms with Gasteiger partial charge in [-0.1, -0.05) is 41.9 Å². The molecule has 2 aromatic rings. The number of rotatable bonds is 6. The summed E-state index contributed by atoms with van der Waals surface area (Å²) in [4.78, 5) is 11.8. The van der Waals surface area contributed by atoms with Crippen molar-refractivity contribution in [2.75, 3.05) is 18.2 Å². The third kappa shape index (κ3) is 6.81. The van der Waals surface area contributed by atoms with Gasteiger partial charge in [-0.15, -0.1) is 11.8 Å². The van der Waals surface area contributed by atoms with Crippen molar-refractivity contribution in [2.24, 2.45) is 0 Å². The summed E-state index contributed by atoms with van der Waals surface area (Å²) in [6, 6.07) is 15.1. The zero-order valence-corrected chi connectivity index (χ0v) is 15.9. The number of hydrazine groups is 1. The molecule has 2 rings (SSSR count). The lowest BCUT2D eigenvalue weighted by atomic mass is 10.2. The minimum atomic E-state index is -0.164. The molecule has 0 spiro atoms. The first-order chi connectivity index (χ1) is 12.1. The highest BCUT2D eigenvalue weighted by atomic mass is 35.5. The zero-order valence-electron chi connectivity index (χ0n) is 13.5. The number of thiocarbonyl (C=S) groups is 1. The van der Waals surface area contributed by atoms with Crippen LogP contribution >= 0.6 is 35.6 Å². The van der Waals surface area contributed by atoms with Crippen LogP contribution in [0.15, 0.2) is 48.5 Å². The predicted molar refractivity (Wildman–Crippen MR) is 108 cm³/mol. The number of carbonyl (C=O) groups is 1. The Morgan fingerprint density at radius 1 is 1.20 bits per heavy atom. The van der Waals surface area contributed by atoms with Gasteiger partial charge < -0.3 is 10.1 Å². The van der Waals surface area contributed by atoms with E-state index in [2.05, 4.69) is 16.2 Å². The summed E-state index contributed by atoms with van der Waals surface area (Å²) in [6.45, 7) is 0. The number of anilines is 1. The molecule has 0 bridgehead atoms. The molecule has 0 aliphatic heterocycles. The van der Waals surface area contributed by atoms with Gasteiger partial charge in [-0.25, -0.2) is 0 Å². The van der Waals surface area contributed by atoms with Crippen LogP contribution in [0.5, 0.6) is 5.75 Å². The van der Waals surface area contributed by atoms with E-state index in [4.69, 9.17) is 28.6 Å². The van der Waals surface area contributed by atoms with E-state index in [1.54, 1.807) is 25.3 Å². The van der Waals surface area contributed by atoms with E-state index in [-0.39, 0.29) is 11.0 Å². The van der Waals surface area contributed by atoms with E-state index in [1.807, 2.05) is 30.3 Å². The minimum absolute atomic E-state index is 0.164. The van der Waals surface area contributed by atoms with Crippen LogP contribution in [0.4, 0.5) is 5.69 Å². The van der Waals surface area contributed by atoms with Crippen LogP contribution in [0.25, 0.3) is 0 Å². The smallest absolute Gasteiger partial charge is 0.248 e. The summed E-state index contributed by atoms with van der Waals surface area (Å²) >= 11 is 12.6. The standard InChI is InChI=1S/C17H18ClN3O2S2/c1-23-15-8-7-13(18)9-14(15)19-17(24)21-20-16(22)11-25-10-12-5-3-2-4-6-12/h2-9H,10-11H2,1H3,(H,20,22)(H2,19,21,24). The topological polar surface area (TPSA) is 62.4 Å². The van der Waals surface area contributed by atoms with Gasteiger partial charge in [0.15, 0.2) is 5.11 Å². The summed E-state index contributed by atoms with van der Waals surface area (Å²) in [5.41, 5.74) is 7.00. The number of methoxy groups -OCH3 is 1. The largest absolute Gasteiger partial charge is 0.495 e. The average molecular weight is 396 g/mol. The van der Waals surface area contributed by atoms with Gasteiger partial charge in [0.25, 0.3) is 0 Å². The Labute approximate surface area is 161 Å². The Bertz CT molecular complexity index is 729. The lowest BCUT2D eigenvalue weighted by Gasteiger charge is -2.14. The maximum Gasteiger partial charge on any atom is 0.248 e. The molecule has 0 aromatic heterocycles. The molecule has 3 N–H and O–H groups in total. The molecule has 1 amide bonds. The van der Waals surface area contributed by atoms with Crippen LogP contribution in [0.3, 0.4) is 0 Å². The van der Waals surface area contributed by atoms with Crippen molar-refractivity contribution in [3.8, 4) is 5.75 Å². The number of thioether (sulfide) groups is 1. The fraction of sp³-hybridized carbons (Fsp3) is 0.176. The van der Waals surface area contributed by atoms with Crippen molar-refractivity contribution in [2.45, 2.75) is 5.75 Å². The fourth-order valence-corrected chi connectivity index (χ4v) is 3.05. The first-order valence-electron chi connectivity index (χ1n) is 7.39. The highest BCUT2D eigenvalue weighted by Crippen LogP contribution is 2.27. The molecule has 5 nitrogen and oxygen atoms in total. The first-order valence-corrected chi connectivity index (χ1v) is 9.33. The maximum absolute atomic E-state index is 11.8. The van der Waals surface area contributed by atoms with E-state index < -0.39 is 0 Å². The third-order valence-corrected chi connectivity index (χ3v) is 4.51. The maximum atomic E-state index is 11.8. The van der Waals surface area contributed by atoms with Crippen LogP contribution in [-0.2, 0) is 10.5 Å². The Morgan fingerprint density at radius 3 is 2.68 bits per heavy atom. The van der Waals surface area contributed by atoms with Crippen LogP contribution in [0, 0.1) is 0 Å². The van der Waals surface area contributed by atoms with Crippen molar-refractivity contribution in [3.05, 3.63) is 59.1 Å². The lowest BCUT2D eigenvalue weighted by Crippen LogP contribution is -2.44. The van der Waals surface area contributed by atoms with Gasteiger partial charge >= 0.3 is 0 Å². The number of carbonyl (C=O) groups excluding carboxylic acids is 1. The molecule has 0 radical (unpaired) electrons. The molecule has 0 heterocycles. The van der Waals surface area contributed by atoms with E-state index in [0.29, 0.717) is 22.2 Å². The molecular formula is C17H18ClN3O2S2. The second kappa shape index (κ2) is 10.1. The molecule has 0 saturated carbocycles. The van der Waals surface area contributed by atoms with Gasteiger partial charge in [0.1, 0.15) is 5.75 Å². The molecule has 8 heteroatoms. The summed E-state index contributed by atoms with van der Waals surface area (Å²) in [7, 11) is 1.55. The number of halogens is 1. The average Bonchev–Trinajstić information content (AvgIpc) is 2.61. The second-order valence-electron chi connectivity index (χ2n) is 4.95. The van der Waals surface area contributed by atoms with Crippen LogP contribution < -0.4 is 20.9 Å². The number of benzene rings is 2. The molecule has 0 aliphatic carbocycles. The Morgan fingerprint density at radius 2 is 1.96 bits per heavy atom. The van der Waals surface area contributed by atoms with Gasteiger partial charge in [0, 0.05) is 10.8 Å². The second-order valence-corrected chi connectivity index (χ2v) is 6.78. The quantitative estimate of drug-likeness (QED) is 0.513. The number of nitrogens with one attached hydrogen (secondary N) is 3. The Balaban J connectivity index is 1.72. The third-order valence-electron chi connectivity index (χ3n) is 3.07. The van der Waals surface area contributed by atoms with Crippen molar-refractivity contribution < 1.29 is 9.53 Å². The number of ether oxygens (including phenoxy) is 1. The van der Waals surface area contributed by atoms with Gasteiger partial charge in [-0.3, -0.25) is 15.6 Å². The molecule has 0 fully saturated rings. The van der Waals surface area contributed by atoms with Crippen LogP contribution in [0.1, 0.15) is 5.56 Å². The van der Waals surface area contributed by atoms with Crippen molar-refractivity contribution in [1.82, 2.24) is 10.9 Å². The monoisotopic (exact) mass is 395 g/mol. The van der Waals surface area contributed by atoms with Crippen molar-refractivity contribution in [3.63, 3.8) is 0 Å². The molecule has 0 aliphatic rings. The molecule has 132 valence electrons. The summed E-state index contributed by atoms with van der Waals surface area (Å²) in [5.74, 6) is 1.53. The summed E-state index contributed by atoms with van der Waals surface area (Å²) in [5, 5.41) is 3.72. The van der Waals surface area contributed by atoms with E-state index in [9.17, 15) is 4.79 Å². The Hall–Kier alpha value is -1.96. The molecule has 2 aromatic carbocycles. The number of hydrogen-bond acceptors (Lipinski definition) is 4. The molecule has 0 saturated heterocycles. The summed E-state index contributed by atoms with van der Waals surface area (Å²) < 4.78 is 5.22. The van der Waals surface area contributed by atoms with E-state index >= 15 is 0 Å². The lowest BCUT2D eigenvalue weighted by molar-refractivity contribution is -0.119. The van der Waals surface area contributed by atoms with Crippen LogP contribution in [-0.4, -0.2) is 23.9 Å². The molecule has 0 atom stereocenters. The summed E-state index contributed by atoms with van der Waals surface area (Å²) in [6.07, 6.45) is 0. The predicted octanol–water partition coefficient (Wildman–Crippen LogP) is 3.60. The van der Waals surface area contributed by atoms with Crippen molar-refractivity contribution >= 4 is 52.3 Å². The number of hydrogen-bond donors (Lipinski definition) is 3. The Kier molecular flexibility index (Phi) is 7.84. The van der Waals surface area contributed by atoms with Gasteiger partial charge in [-0.2, -0.15) is 0 Å². The highest BCUT2D eigenvalue weighted by Gasteiger charge is 2.07. The first kappa shape index (κ1) is 19.4. The SMILES string of the molecule is COc1ccc(Cl)cc1NC(=S)NNC(=O)CSCc1ccccc1. The normalized spacial score (nSPS) is 10.0. The van der Waals surface area contributed by atoms with Gasteiger partial charge in [0.2, 0.25) is 5.91 Å². The van der Waals surface area contributed by atoms with E-state index in [0.717, 1.165) is 5.75 Å². The van der Waals surface area contributed by atoms with E-state index in [1.165, 1.54) is 17.3 Å². The fourth-order valence-electron chi connectivity index (χ4n) is 1.93. The molecule has 25 heavy (non-hydrogen) atoms. The number of amides is 1. The molecular weight excluding hydrogens is 378 g/mol. The van der Waals surface area contributed by atoms with Crippen molar-refractivity contribution in [1.29, 1.82) is 0 Å².